The molecule has 0 aliphatic rings. The zero-order valence-electron chi connectivity index (χ0n) is 11.1. The number of benzene rings is 1. The van der Waals surface area contributed by atoms with Crippen LogP contribution in [0.3, 0.4) is 0 Å². The van der Waals surface area contributed by atoms with Crippen molar-refractivity contribution >= 4 is 12.4 Å². The maximum Gasteiger partial charge on any atom is 0.219 e. The molecule has 0 saturated heterocycles. The molecule has 1 heterocycles. The molecule has 2 rings (SSSR count). The number of rotatable bonds is 3. The number of ether oxygens (including phenoxy) is 1. The molecule has 0 bridgehead atoms. The highest BCUT2D eigenvalue weighted by Gasteiger charge is 2.08. The Bertz CT molecular complexity index is 577. The molecule has 0 amide bonds. The number of hydrogen-bond donors (Lipinski definition) is 1. The number of aromatic nitrogens is 1. The minimum Gasteiger partial charge on any atom is -0.439 e. The molecule has 2 N–H and O–H groups in total. The molecule has 0 aliphatic heterocycles. The van der Waals surface area contributed by atoms with Gasteiger partial charge in [0.1, 0.15) is 17.4 Å². The summed E-state index contributed by atoms with van der Waals surface area (Å²) in [6.45, 7) is 4.09. The van der Waals surface area contributed by atoms with Crippen LogP contribution in [-0.2, 0) is 6.54 Å². The van der Waals surface area contributed by atoms with Crippen LogP contribution in [0.15, 0.2) is 24.3 Å². The van der Waals surface area contributed by atoms with Gasteiger partial charge in [0.25, 0.3) is 0 Å². The lowest BCUT2D eigenvalue weighted by Gasteiger charge is -2.11. The van der Waals surface area contributed by atoms with E-state index < -0.39 is 11.6 Å². The van der Waals surface area contributed by atoms with E-state index >= 15 is 0 Å². The molecule has 0 radical (unpaired) electrons. The molecule has 3 nitrogen and oxygen atoms in total. The highest BCUT2D eigenvalue weighted by molar-refractivity contribution is 5.85. The molecular weight excluding hydrogens is 286 g/mol. The largest absolute Gasteiger partial charge is 0.439 e. The van der Waals surface area contributed by atoms with Gasteiger partial charge in [-0.1, -0.05) is 0 Å². The Kier molecular flexibility index (Phi) is 5.42. The van der Waals surface area contributed by atoms with E-state index in [-0.39, 0.29) is 24.0 Å². The predicted molar refractivity (Wildman–Crippen MR) is 75.3 cm³/mol. The van der Waals surface area contributed by atoms with Gasteiger partial charge in [0.2, 0.25) is 5.88 Å². The maximum atomic E-state index is 13.1. The second kappa shape index (κ2) is 6.63. The van der Waals surface area contributed by atoms with Crippen molar-refractivity contribution in [2.45, 2.75) is 20.4 Å². The lowest BCUT2D eigenvalue weighted by atomic mass is 10.1. The summed E-state index contributed by atoms with van der Waals surface area (Å²) >= 11 is 0. The summed E-state index contributed by atoms with van der Waals surface area (Å²) in [5.41, 5.74) is 8.23. The van der Waals surface area contributed by atoms with Crippen LogP contribution in [0.2, 0.25) is 0 Å². The molecule has 2 aromatic rings. The molecule has 0 saturated carbocycles. The van der Waals surface area contributed by atoms with Gasteiger partial charge in [-0.15, -0.1) is 12.4 Å². The summed E-state index contributed by atoms with van der Waals surface area (Å²) in [5.74, 6) is -1.02. The van der Waals surface area contributed by atoms with E-state index in [0.717, 1.165) is 35.0 Å². The van der Waals surface area contributed by atoms with Crippen LogP contribution in [0.5, 0.6) is 11.6 Å². The number of aryl methyl sites for hydroxylation is 2. The van der Waals surface area contributed by atoms with E-state index in [4.69, 9.17) is 10.5 Å². The lowest BCUT2D eigenvalue weighted by molar-refractivity contribution is 0.449. The first-order valence-corrected chi connectivity index (χ1v) is 5.80. The van der Waals surface area contributed by atoms with E-state index in [1.807, 2.05) is 13.8 Å². The highest BCUT2D eigenvalue weighted by Crippen LogP contribution is 2.24. The standard InChI is InChI=1S/C14H14F2N2O.ClH/c1-8-3-14(18-9(2)13(8)7-17)19-12-5-10(15)4-11(16)6-12;/h3-6H,7,17H2,1-2H3;1H. The van der Waals surface area contributed by atoms with Gasteiger partial charge in [-0.3, -0.25) is 0 Å². The molecule has 20 heavy (non-hydrogen) atoms. The Hall–Kier alpha value is -1.72. The Morgan fingerprint density at radius 1 is 1.10 bits per heavy atom. The molecule has 0 unspecified atom stereocenters. The van der Waals surface area contributed by atoms with Gasteiger partial charge >= 0.3 is 0 Å². The predicted octanol–water partition coefficient (Wildman–Crippen LogP) is 3.65. The Morgan fingerprint density at radius 3 is 2.20 bits per heavy atom. The molecule has 0 atom stereocenters. The molecule has 0 fully saturated rings. The van der Waals surface area contributed by atoms with Gasteiger partial charge in [-0.2, -0.15) is 0 Å². The summed E-state index contributed by atoms with van der Waals surface area (Å²) in [7, 11) is 0. The third kappa shape index (κ3) is 3.65. The van der Waals surface area contributed by atoms with Gasteiger partial charge in [0.15, 0.2) is 0 Å². The van der Waals surface area contributed by atoms with Gasteiger partial charge < -0.3 is 10.5 Å². The summed E-state index contributed by atoms with van der Waals surface area (Å²) in [6.07, 6.45) is 0. The fourth-order valence-corrected chi connectivity index (χ4v) is 1.89. The maximum absolute atomic E-state index is 13.1. The van der Waals surface area contributed by atoms with Crippen LogP contribution in [-0.4, -0.2) is 4.98 Å². The number of nitrogens with zero attached hydrogens (tertiary/aromatic N) is 1. The van der Waals surface area contributed by atoms with Gasteiger partial charge in [0.05, 0.1) is 0 Å². The normalized spacial score (nSPS) is 10.1. The topological polar surface area (TPSA) is 48.1 Å². The minimum atomic E-state index is -0.693. The quantitative estimate of drug-likeness (QED) is 0.941. The van der Waals surface area contributed by atoms with Crippen LogP contribution in [0.1, 0.15) is 16.8 Å². The smallest absolute Gasteiger partial charge is 0.219 e. The Balaban J connectivity index is 0.00000200. The molecule has 6 heteroatoms. The summed E-state index contributed by atoms with van der Waals surface area (Å²) in [6, 6.07) is 4.69. The van der Waals surface area contributed by atoms with Gasteiger partial charge in [-0.25, -0.2) is 13.8 Å². The van der Waals surface area contributed by atoms with E-state index in [1.165, 1.54) is 0 Å². The van der Waals surface area contributed by atoms with Gasteiger partial charge in [-0.05, 0) is 25.0 Å². The Morgan fingerprint density at radius 2 is 1.70 bits per heavy atom. The average molecular weight is 301 g/mol. The van der Waals surface area contributed by atoms with E-state index in [2.05, 4.69) is 4.98 Å². The first kappa shape index (κ1) is 16.3. The molecular formula is C14H15ClF2N2O. The first-order chi connectivity index (χ1) is 8.99. The van der Waals surface area contributed by atoms with Crippen molar-refractivity contribution in [2.75, 3.05) is 0 Å². The first-order valence-electron chi connectivity index (χ1n) is 5.80. The number of halogens is 3. The van der Waals surface area contributed by atoms with Crippen LogP contribution in [0, 0.1) is 25.5 Å². The lowest BCUT2D eigenvalue weighted by Crippen LogP contribution is -2.04. The SMILES string of the molecule is Cc1cc(Oc2cc(F)cc(F)c2)nc(C)c1CN.Cl. The molecule has 108 valence electrons. The monoisotopic (exact) mass is 300 g/mol. The third-order valence-electron chi connectivity index (χ3n) is 2.79. The van der Waals surface area contributed by atoms with Crippen molar-refractivity contribution in [1.82, 2.24) is 4.98 Å². The summed E-state index contributed by atoms with van der Waals surface area (Å²) in [4.78, 5) is 4.21. The Labute approximate surface area is 122 Å². The number of nitrogens with two attached hydrogens (primary N) is 1. The number of pyridine rings is 1. The van der Waals surface area contributed by atoms with Crippen molar-refractivity contribution in [2.24, 2.45) is 5.73 Å². The van der Waals surface area contributed by atoms with Crippen molar-refractivity contribution < 1.29 is 13.5 Å². The zero-order chi connectivity index (χ0) is 14.0. The van der Waals surface area contributed by atoms with Crippen molar-refractivity contribution in [1.29, 1.82) is 0 Å². The van der Waals surface area contributed by atoms with Crippen molar-refractivity contribution in [3.8, 4) is 11.6 Å². The van der Waals surface area contributed by atoms with E-state index in [0.29, 0.717) is 6.54 Å². The highest BCUT2D eigenvalue weighted by atomic mass is 35.5. The van der Waals surface area contributed by atoms with Crippen LogP contribution < -0.4 is 10.5 Å². The zero-order valence-corrected chi connectivity index (χ0v) is 11.9. The van der Waals surface area contributed by atoms with Crippen LogP contribution in [0.25, 0.3) is 0 Å². The van der Waals surface area contributed by atoms with E-state index in [1.54, 1.807) is 6.07 Å². The fourth-order valence-electron chi connectivity index (χ4n) is 1.89. The second-order valence-electron chi connectivity index (χ2n) is 4.25. The molecule has 0 spiro atoms. The van der Waals surface area contributed by atoms with Crippen molar-refractivity contribution in [3.05, 3.63) is 52.7 Å². The molecule has 0 aliphatic carbocycles. The van der Waals surface area contributed by atoms with Crippen molar-refractivity contribution in [3.63, 3.8) is 0 Å². The summed E-state index contributed by atoms with van der Waals surface area (Å²) < 4.78 is 31.5. The van der Waals surface area contributed by atoms with Crippen LogP contribution in [0.4, 0.5) is 8.78 Å². The third-order valence-corrected chi connectivity index (χ3v) is 2.79. The summed E-state index contributed by atoms with van der Waals surface area (Å²) in [5, 5.41) is 0. The minimum absolute atomic E-state index is 0. The van der Waals surface area contributed by atoms with Crippen LogP contribution >= 0.6 is 12.4 Å². The average Bonchev–Trinajstić information content (AvgIpc) is 2.26. The van der Waals surface area contributed by atoms with Gasteiger partial charge in [0, 0.05) is 36.5 Å². The number of hydrogen-bond acceptors (Lipinski definition) is 3. The molecule has 1 aromatic heterocycles. The fraction of sp³-hybridized carbons (Fsp3) is 0.214. The van der Waals surface area contributed by atoms with E-state index in [9.17, 15) is 8.78 Å². The molecule has 1 aromatic carbocycles. The second-order valence-corrected chi connectivity index (χ2v) is 4.25.